The molecular formula is C19H22ClFN4O. The van der Waals surface area contributed by atoms with Gasteiger partial charge in [-0.3, -0.25) is 4.90 Å². The highest BCUT2D eigenvalue weighted by atomic mass is 35.5. The van der Waals surface area contributed by atoms with E-state index < -0.39 is 0 Å². The molecule has 26 heavy (non-hydrogen) atoms. The summed E-state index contributed by atoms with van der Waals surface area (Å²) in [4.78, 5) is 16.2. The minimum atomic E-state index is -0.253. The molecule has 1 aliphatic rings. The van der Waals surface area contributed by atoms with Crippen LogP contribution in [-0.2, 0) is 0 Å². The number of amides is 2. The number of anilines is 2. The van der Waals surface area contributed by atoms with E-state index in [-0.39, 0.29) is 11.8 Å². The normalized spacial score (nSPS) is 14.9. The van der Waals surface area contributed by atoms with Crippen LogP contribution in [0, 0.1) is 5.82 Å². The van der Waals surface area contributed by atoms with Crippen molar-refractivity contribution in [2.45, 2.75) is 0 Å². The molecule has 0 bridgehead atoms. The lowest BCUT2D eigenvalue weighted by Gasteiger charge is -2.36. The summed E-state index contributed by atoms with van der Waals surface area (Å²) in [5.74, 6) is -0.180. The molecule has 1 fully saturated rings. The zero-order valence-electron chi connectivity index (χ0n) is 14.4. The van der Waals surface area contributed by atoms with Crippen molar-refractivity contribution in [3.8, 4) is 0 Å². The molecule has 1 saturated heterocycles. The van der Waals surface area contributed by atoms with E-state index in [2.05, 4.69) is 20.4 Å². The molecule has 0 unspecified atom stereocenters. The van der Waals surface area contributed by atoms with E-state index in [1.54, 1.807) is 30.3 Å². The molecule has 2 N–H and O–H groups in total. The molecule has 1 aliphatic heterocycles. The number of carbonyl (C=O) groups excluding carboxylic acids is 1. The van der Waals surface area contributed by atoms with E-state index >= 15 is 0 Å². The second-order valence-corrected chi connectivity index (χ2v) is 6.61. The summed E-state index contributed by atoms with van der Waals surface area (Å²) in [7, 11) is 0. The van der Waals surface area contributed by atoms with Gasteiger partial charge in [-0.1, -0.05) is 29.8 Å². The number of nitrogens with zero attached hydrogens (tertiary/aromatic N) is 2. The van der Waals surface area contributed by atoms with E-state index in [4.69, 9.17) is 11.6 Å². The van der Waals surface area contributed by atoms with E-state index in [0.717, 1.165) is 32.7 Å². The van der Waals surface area contributed by atoms with Crippen molar-refractivity contribution in [2.75, 3.05) is 49.5 Å². The third-order valence-corrected chi connectivity index (χ3v) is 4.60. The van der Waals surface area contributed by atoms with Crippen LogP contribution in [0.4, 0.5) is 20.6 Å². The summed E-state index contributed by atoms with van der Waals surface area (Å²) in [6.45, 7) is 4.53. The molecule has 0 atom stereocenters. The first-order valence-corrected chi connectivity index (χ1v) is 9.02. The Morgan fingerprint density at radius 3 is 2.58 bits per heavy atom. The van der Waals surface area contributed by atoms with Crippen LogP contribution in [0.25, 0.3) is 0 Å². The Labute approximate surface area is 157 Å². The van der Waals surface area contributed by atoms with Crippen molar-refractivity contribution < 1.29 is 9.18 Å². The van der Waals surface area contributed by atoms with Crippen molar-refractivity contribution in [3.05, 3.63) is 59.4 Å². The lowest BCUT2D eigenvalue weighted by atomic mass is 10.2. The summed E-state index contributed by atoms with van der Waals surface area (Å²) in [6.07, 6.45) is 0. The molecule has 138 valence electrons. The average molecular weight is 377 g/mol. The zero-order valence-corrected chi connectivity index (χ0v) is 15.2. The fourth-order valence-electron chi connectivity index (χ4n) is 2.99. The highest BCUT2D eigenvalue weighted by Gasteiger charge is 2.18. The molecule has 2 aromatic rings. The number of piperazine rings is 1. The molecule has 7 heteroatoms. The maximum absolute atomic E-state index is 13.8. The second-order valence-electron chi connectivity index (χ2n) is 6.17. The van der Waals surface area contributed by atoms with Gasteiger partial charge in [0, 0.05) is 50.0 Å². The number of halogens is 2. The van der Waals surface area contributed by atoms with Gasteiger partial charge >= 0.3 is 6.03 Å². The summed E-state index contributed by atoms with van der Waals surface area (Å²) < 4.78 is 13.8. The number of hydrogen-bond acceptors (Lipinski definition) is 3. The summed E-state index contributed by atoms with van der Waals surface area (Å²) in [6, 6.07) is 13.6. The molecule has 3 rings (SSSR count). The average Bonchev–Trinajstić information content (AvgIpc) is 2.63. The van der Waals surface area contributed by atoms with Gasteiger partial charge in [0.2, 0.25) is 0 Å². The molecular weight excluding hydrogens is 355 g/mol. The number of rotatable bonds is 5. The van der Waals surface area contributed by atoms with Crippen LogP contribution >= 0.6 is 11.6 Å². The number of nitrogens with one attached hydrogen (secondary N) is 2. The second kappa shape index (κ2) is 8.87. The van der Waals surface area contributed by atoms with Gasteiger partial charge < -0.3 is 15.5 Å². The van der Waals surface area contributed by atoms with Crippen molar-refractivity contribution in [1.29, 1.82) is 0 Å². The molecule has 2 aromatic carbocycles. The quantitative estimate of drug-likeness (QED) is 0.840. The van der Waals surface area contributed by atoms with Crippen molar-refractivity contribution in [3.63, 3.8) is 0 Å². The lowest BCUT2D eigenvalue weighted by molar-refractivity contribution is 0.240. The minimum Gasteiger partial charge on any atom is -0.367 e. The Hall–Kier alpha value is -2.31. The van der Waals surface area contributed by atoms with Crippen LogP contribution < -0.4 is 15.5 Å². The molecule has 0 aliphatic carbocycles. The van der Waals surface area contributed by atoms with Crippen LogP contribution in [0.2, 0.25) is 5.02 Å². The number of para-hydroxylation sites is 1. The Morgan fingerprint density at radius 2 is 1.85 bits per heavy atom. The predicted molar refractivity (Wildman–Crippen MR) is 104 cm³/mol. The number of carbonyl (C=O) groups is 1. The molecule has 2 amide bonds. The van der Waals surface area contributed by atoms with Crippen molar-refractivity contribution >= 4 is 29.0 Å². The van der Waals surface area contributed by atoms with Crippen LogP contribution in [0.3, 0.4) is 0 Å². The molecule has 5 nitrogen and oxygen atoms in total. The van der Waals surface area contributed by atoms with Crippen LogP contribution in [0.15, 0.2) is 48.5 Å². The first kappa shape index (κ1) is 18.5. The molecule has 0 saturated carbocycles. The Balaban J connectivity index is 1.37. The van der Waals surface area contributed by atoms with Crippen LogP contribution in [0.5, 0.6) is 0 Å². The van der Waals surface area contributed by atoms with Gasteiger partial charge in [0.05, 0.1) is 5.69 Å². The summed E-state index contributed by atoms with van der Waals surface area (Å²) >= 11 is 5.89. The monoisotopic (exact) mass is 376 g/mol. The van der Waals surface area contributed by atoms with E-state index in [1.807, 2.05) is 12.1 Å². The largest absolute Gasteiger partial charge is 0.367 e. The Morgan fingerprint density at radius 1 is 1.08 bits per heavy atom. The number of benzene rings is 2. The van der Waals surface area contributed by atoms with Gasteiger partial charge in [-0.05, 0) is 30.3 Å². The highest BCUT2D eigenvalue weighted by Crippen LogP contribution is 2.20. The third-order valence-electron chi connectivity index (χ3n) is 4.36. The molecule has 0 spiro atoms. The van der Waals surface area contributed by atoms with Gasteiger partial charge in [-0.15, -0.1) is 0 Å². The first-order chi connectivity index (χ1) is 12.6. The first-order valence-electron chi connectivity index (χ1n) is 8.64. The molecule has 0 aromatic heterocycles. The SMILES string of the molecule is O=C(NCCN1CCN(c2ccccc2F)CC1)Nc1cccc(Cl)c1. The van der Waals surface area contributed by atoms with Gasteiger partial charge in [0.15, 0.2) is 0 Å². The van der Waals surface area contributed by atoms with Crippen LogP contribution in [0.1, 0.15) is 0 Å². The zero-order chi connectivity index (χ0) is 18.4. The van der Waals surface area contributed by atoms with Crippen molar-refractivity contribution in [2.24, 2.45) is 0 Å². The van der Waals surface area contributed by atoms with E-state index in [1.165, 1.54) is 6.07 Å². The standard InChI is InChI=1S/C19H22ClFN4O/c20-15-4-3-5-16(14-15)23-19(26)22-8-9-24-10-12-25(13-11-24)18-7-2-1-6-17(18)21/h1-7,14H,8-13H2,(H2,22,23,26). The Kier molecular flexibility index (Phi) is 6.30. The van der Waals surface area contributed by atoms with Gasteiger partial charge in [0.25, 0.3) is 0 Å². The fraction of sp³-hybridized carbons (Fsp3) is 0.316. The number of hydrogen-bond donors (Lipinski definition) is 2. The predicted octanol–water partition coefficient (Wildman–Crippen LogP) is 3.42. The topological polar surface area (TPSA) is 47.6 Å². The number of urea groups is 1. The third kappa shape index (κ3) is 5.09. The minimum absolute atomic E-state index is 0.180. The fourth-order valence-corrected chi connectivity index (χ4v) is 3.18. The Bertz CT molecular complexity index is 750. The van der Waals surface area contributed by atoms with Gasteiger partial charge in [-0.25, -0.2) is 9.18 Å². The maximum Gasteiger partial charge on any atom is 0.319 e. The molecule has 0 radical (unpaired) electrons. The maximum atomic E-state index is 13.8. The molecule has 1 heterocycles. The van der Waals surface area contributed by atoms with E-state index in [0.29, 0.717) is 22.9 Å². The van der Waals surface area contributed by atoms with Crippen molar-refractivity contribution in [1.82, 2.24) is 10.2 Å². The van der Waals surface area contributed by atoms with Gasteiger partial charge in [0.1, 0.15) is 5.82 Å². The van der Waals surface area contributed by atoms with E-state index in [9.17, 15) is 9.18 Å². The lowest BCUT2D eigenvalue weighted by Crippen LogP contribution is -2.49. The van der Waals surface area contributed by atoms with Gasteiger partial charge in [-0.2, -0.15) is 0 Å². The highest BCUT2D eigenvalue weighted by molar-refractivity contribution is 6.30. The summed E-state index contributed by atoms with van der Waals surface area (Å²) in [5.41, 5.74) is 1.32. The summed E-state index contributed by atoms with van der Waals surface area (Å²) in [5, 5.41) is 6.17. The smallest absolute Gasteiger partial charge is 0.319 e. The van der Waals surface area contributed by atoms with Crippen LogP contribution in [-0.4, -0.2) is 50.2 Å².